The molecule has 0 aliphatic carbocycles. The van der Waals surface area contributed by atoms with E-state index in [1.54, 1.807) is 29.2 Å². The van der Waals surface area contributed by atoms with E-state index >= 15 is 0 Å². The third-order valence-corrected chi connectivity index (χ3v) is 7.42. The first-order valence-corrected chi connectivity index (χ1v) is 13.0. The number of aliphatic hydroxyl groups excluding tert-OH is 1. The summed E-state index contributed by atoms with van der Waals surface area (Å²) in [7, 11) is -1.41. The molecule has 0 saturated carbocycles. The Bertz CT molecular complexity index is 1160. The van der Waals surface area contributed by atoms with E-state index in [1.165, 1.54) is 6.07 Å². The summed E-state index contributed by atoms with van der Waals surface area (Å²) in [4.78, 5) is 16.6. The van der Waals surface area contributed by atoms with Gasteiger partial charge in [-0.05, 0) is 57.4 Å². The molecule has 9 heteroatoms. The molecule has 0 radical (unpaired) electrons. The van der Waals surface area contributed by atoms with E-state index in [0.29, 0.717) is 47.5 Å². The summed E-state index contributed by atoms with van der Waals surface area (Å²) in [5, 5.41) is 10.4. The Morgan fingerprint density at radius 1 is 1.03 bits per heavy atom. The average Bonchev–Trinajstić information content (AvgIpc) is 2.86. The van der Waals surface area contributed by atoms with Crippen molar-refractivity contribution in [1.82, 2.24) is 9.62 Å². The first kappa shape index (κ1) is 24.5. The second kappa shape index (κ2) is 11.2. The molecule has 0 aromatic heterocycles. The lowest BCUT2D eigenvalue weighted by molar-refractivity contribution is 0.0746. The molecule has 1 saturated heterocycles. The molecule has 1 aliphatic heterocycles. The number of piperazine rings is 1. The fourth-order valence-corrected chi connectivity index (χ4v) is 5.02. The number of nitrogens with zero attached hydrogens (tertiary/aromatic N) is 2. The zero-order valence-electron chi connectivity index (χ0n) is 18.4. The number of aliphatic hydroxyl groups is 1. The van der Waals surface area contributed by atoms with E-state index in [0.717, 1.165) is 11.3 Å². The highest BCUT2D eigenvalue weighted by Crippen LogP contribution is 2.22. The van der Waals surface area contributed by atoms with E-state index in [-0.39, 0.29) is 5.91 Å². The van der Waals surface area contributed by atoms with Crippen molar-refractivity contribution in [2.24, 2.45) is 0 Å². The van der Waals surface area contributed by atoms with Gasteiger partial charge in [-0.2, -0.15) is 0 Å². The Balaban J connectivity index is 1.30. The van der Waals surface area contributed by atoms with Crippen molar-refractivity contribution in [2.75, 3.05) is 31.1 Å². The maximum Gasteiger partial charge on any atom is 0.254 e. The van der Waals surface area contributed by atoms with Gasteiger partial charge in [-0.1, -0.05) is 42.5 Å². The standard InChI is InChI=1S/C25H25BrFN3O3S/c26-22-11-8-20(16-23(22)27)25(32)30-14-12-29(13-15-30)21-9-6-19(7-10-21)24(31)28-34(33)17-18-4-2-1-3-5-18/h1-11,16,24,28,31H,12-15,17H2. The minimum atomic E-state index is -1.41. The largest absolute Gasteiger partial charge is 0.373 e. The van der Waals surface area contributed by atoms with Crippen LogP contribution < -0.4 is 9.62 Å². The number of carbonyl (C=O) groups excluding carboxylic acids is 1. The maximum atomic E-state index is 13.8. The van der Waals surface area contributed by atoms with Crippen molar-refractivity contribution in [3.8, 4) is 0 Å². The Morgan fingerprint density at radius 3 is 2.35 bits per heavy atom. The van der Waals surface area contributed by atoms with Gasteiger partial charge in [0.1, 0.15) is 12.0 Å². The third-order valence-electron chi connectivity index (χ3n) is 5.69. The fourth-order valence-electron chi connectivity index (χ4n) is 3.81. The van der Waals surface area contributed by atoms with Crippen molar-refractivity contribution in [3.05, 3.63) is 99.8 Å². The van der Waals surface area contributed by atoms with Gasteiger partial charge in [0.2, 0.25) is 0 Å². The predicted octanol–water partition coefficient (Wildman–Crippen LogP) is 4.00. The topological polar surface area (TPSA) is 72.9 Å². The Kier molecular flexibility index (Phi) is 8.10. The van der Waals surface area contributed by atoms with Gasteiger partial charge in [-0.25, -0.2) is 13.3 Å². The van der Waals surface area contributed by atoms with Crippen molar-refractivity contribution in [1.29, 1.82) is 0 Å². The highest BCUT2D eigenvalue weighted by molar-refractivity contribution is 9.10. The molecule has 34 heavy (non-hydrogen) atoms. The minimum Gasteiger partial charge on any atom is -0.373 e. The number of amides is 1. The molecule has 2 atom stereocenters. The smallest absolute Gasteiger partial charge is 0.254 e. The summed E-state index contributed by atoms with van der Waals surface area (Å²) in [6.07, 6.45) is -1.04. The van der Waals surface area contributed by atoms with Crippen molar-refractivity contribution in [3.63, 3.8) is 0 Å². The molecular weight excluding hydrogens is 521 g/mol. The molecule has 3 aromatic rings. The number of rotatable bonds is 7. The van der Waals surface area contributed by atoms with Crippen molar-refractivity contribution >= 4 is 38.5 Å². The molecule has 1 aliphatic rings. The van der Waals surface area contributed by atoms with Crippen LogP contribution in [0.15, 0.2) is 77.3 Å². The number of nitrogens with one attached hydrogen (secondary N) is 1. The van der Waals surface area contributed by atoms with Crippen LogP contribution in [0, 0.1) is 5.82 Å². The number of anilines is 1. The first-order valence-electron chi connectivity index (χ1n) is 10.9. The van der Waals surface area contributed by atoms with Crippen LogP contribution in [0.4, 0.5) is 10.1 Å². The maximum absolute atomic E-state index is 13.8. The second-order valence-corrected chi connectivity index (χ2v) is 10.1. The number of hydrogen-bond donors (Lipinski definition) is 2. The van der Waals surface area contributed by atoms with Gasteiger partial charge in [0, 0.05) is 37.4 Å². The lowest BCUT2D eigenvalue weighted by atomic mass is 10.1. The fraction of sp³-hybridized carbons (Fsp3) is 0.240. The van der Waals surface area contributed by atoms with Gasteiger partial charge >= 0.3 is 0 Å². The zero-order chi connectivity index (χ0) is 24.1. The van der Waals surface area contributed by atoms with E-state index in [2.05, 4.69) is 25.6 Å². The van der Waals surface area contributed by atoms with Crippen LogP contribution in [0.1, 0.15) is 27.7 Å². The summed E-state index contributed by atoms with van der Waals surface area (Å²) in [6.45, 7) is 2.35. The monoisotopic (exact) mass is 545 g/mol. The lowest BCUT2D eigenvalue weighted by Crippen LogP contribution is -2.48. The molecule has 0 bridgehead atoms. The molecule has 178 valence electrons. The van der Waals surface area contributed by atoms with Gasteiger partial charge in [0.05, 0.1) is 21.2 Å². The summed E-state index contributed by atoms with van der Waals surface area (Å²) in [5.74, 6) is -0.324. The quantitative estimate of drug-likeness (QED) is 0.440. The number of benzene rings is 3. The minimum absolute atomic E-state index is 0.181. The third kappa shape index (κ3) is 6.09. The van der Waals surface area contributed by atoms with Crippen LogP contribution in [0.5, 0.6) is 0 Å². The zero-order valence-corrected chi connectivity index (χ0v) is 20.8. The van der Waals surface area contributed by atoms with Crippen molar-refractivity contribution in [2.45, 2.75) is 12.0 Å². The molecule has 1 fully saturated rings. The predicted molar refractivity (Wildman–Crippen MR) is 135 cm³/mol. The Labute approximate surface area is 209 Å². The number of hydrogen-bond acceptors (Lipinski definition) is 4. The summed E-state index contributed by atoms with van der Waals surface area (Å²) in [5.41, 5.74) is 2.86. The van der Waals surface area contributed by atoms with E-state index in [1.807, 2.05) is 42.5 Å². The van der Waals surface area contributed by atoms with Gasteiger partial charge < -0.3 is 14.9 Å². The molecule has 6 nitrogen and oxygen atoms in total. The van der Waals surface area contributed by atoms with Crippen LogP contribution >= 0.6 is 15.9 Å². The Hall–Kier alpha value is -2.59. The van der Waals surface area contributed by atoms with Crippen LogP contribution in [-0.4, -0.2) is 46.3 Å². The molecule has 0 spiro atoms. The van der Waals surface area contributed by atoms with Gasteiger partial charge in [0.15, 0.2) is 0 Å². The highest BCUT2D eigenvalue weighted by Gasteiger charge is 2.23. The van der Waals surface area contributed by atoms with Crippen LogP contribution in [0.2, 0.25) is 0 Å². The first-order chi connectivity index (χ1) is 16.4. The SMILES string of the molecule is O=C(c1ccc(Br)c(F)c1)N1CCN(c2ccc(C(O)NS(=O)Cc3ccccc3)cc2)CC1. The van der Waals surface area contributed by atoms with Crippen LogP contribution in [-0.2, 0) is 16.7 Å². The summed E-state index contributed by atoms with van der Waals surface area (Å²) < 4.78 is 29.2. The lowest BCUT2D eigenvalue weighted by Gasteiger charge is -2.36. The highest BCUT2D eigenvalue weighted by atomic mass is 79.9. The molecule has 2 N–H and O–H groups in total. The average molecular weight is 546 g/mol. The number of halogens is 2. The molecule has 4 rings (SSSR count). The second-order valence-electron chi connectivity index (χ2n) is 8.00. The molecule has 1 heterocycles. The van der Waals surface area contributed by atoms with Crippen LogP contribution in [0.3, 0.4) is 0 Å². The van der Waals surface area contributed by atoms with Crippen LogP contribution in [0.25, 0.3) is 0 Å². The Morgan fingerprint density at radius 2 is 1.71 bits per heavy atom. The normalized spacial score (nSPS) is 15.7. The van der Waals surface area contributed by atoms with Gasteiger partial charge in [0.25, 0.3) is 5.91 Å². The molecular formula is C25H25BrFN3O3S. The summed E-state index contributed by atoms with van der Waals surface area (Å²) >= 11 is 3.11. The van der Waals surface area contributed by atoms with Gasteiger partial charge in [-0.3, -0.25) is 4.79 Å². The molecule has 3 aromatic carbocycles. The van der Waals surface area contributed by atoms with Crippen molar-refractivity contribution < 1.29 is 18.5 Å². The molecule has 1 amide bonds. The van der Waals surface area contributed by atoms with E-state index < -0.39 is 23.0 Å². The van der Waals surface area contributed by atoms with E-state index in [9.17, 15) is 18.5 Å². The van der Waals surface area contributed by atoms with E-state index in [4.69, 9.17) is 0 Å². The number of carbonyl (C=O) groups is 1. The molecule has 2 unspecified atom stereocenters. The van der Waals surface area contributed by atoms with Gasteiger partial charge in [-0.15, -0.1) is 0 Å². The summed E-state index contributed by atoms with van der Waals surface area (Å²) in [6, 6.07) is 21.3.